The van der Waals surface area contributed by atoms with Gasteiger partial charge in [0.2, 0.25) is 5.12 Å². The fourth-order valence-corrected chi connectivity index (χ4v) is 0.890. The van der Waals surface area contributed by atoms with E-state index >= 15 is 0 Å². The van der Waals surface area contributed by atoms with Gasteiger partial charge in [-0.2, -0.15) is 0 Å². The molecule has 0 fully saturated rings. The molecule has 0 aliphatic carbocycles. The predicted octanol–water partition coefficient (Wildman–Crippen LogP) is 1.77. The molecule has 0 radical (unpaired) electrons. The average molecular weight is 160 g/mol. The van der Waals surface area contributed by atoms with Gasteiger partial charge in [-0.25, -0.2) is 0 Å². The van der Waals surface area contributed by atoms with Crippen LogP contribution >= 0.6 is 24.8 Å². The van der Waals surface area contributed by atoms with Gasteiger partial charge in [0.1, 0.15) is 0 Å². The maximum Gasteiger partial charge on any atom is 0.220 e. The summed E-state index contributed by atoms with van der Waals surface area (Å²) >= 11 is 8.06. The maximum absolute atomic E-state index is 10.5. The van der Waals surface area contributed by atoms with Crippen molar-refractivity contribution in [3.8, 4) is 0 Å². The van der Waals surface area contributed by atoms with Gasteiger partial charge < -0.3 is 0 Å². The topological polar surface area (TPSA) is 17.1 Å². The third-order valence-electron chi connectivity index (χ3n) is 0.881. The van der Waals surface area contributed by atoms with Crippen molar-refractivity contribution in [1.29, 1.82) is 0 Å². The van der Waals surface area contributed by atoms with Crippen molar-refractivity contribution in [3.63, 3.8) is 0 Å². The summed E-state index contributed by atoms with van der Waals surface area (Å²) in [6, 6.07) is 0. The zero-order chi connectivity index (χ0) is 7.28. The highest BCUT2D eigenvalue weighted by Crippen LogP contribution is 2.03. The average Bonchev–Trinajstić information content (AvgIpc) is 1.82. The Hall–Kier alpha value is -0.110. The van der Waals surface area contributed by atoms with Crippen molar-refractivity contribution in [2.75, 3.05) is 0 Å². The van der Waals surface area contributed by atoms with Crippen LogP contribution in [-0.2, 0) is 4.79 Å². The Balaban J connectivity index is 4.02. The molecule has 0 bridgehead atoms. The smallest absolute Gasteiger partial charge is 0.220 e. The second-order valence-electron chi connectivity index (χ2n) is 1.64. The summed E-state index contributed by atoms with van der Waals surface area (Å²) in [6.07, 6.45) is 1.59. The summed E-state index contributed by atoms with van der Waals surface area (Å²) in [4.78, 5) is 10.5. The molecule has 50 valence electrons. The van der Waals surface area contributed by atoms with Crippen LogP contribution in [0.25, 0.3) is 0 Å². The molecular weight excluding hydrogens is 152 g/mol. The molecule has 0 unspecified atom stereocenters. The molecule has 0 atom stereocenters. The standard InChI is InChI=1S/C6H8OS2/c1-2-3-5(4-8)6(7)9/h2-3H2,1H3,(H,7,9). The van der Waals surface area contributed by atoms with E-state index in [1.807, 2.05) is 6.92 Å². The number of rotatable bonds is 3. The van der Waals surface area contributed by atoms with Gasteiger partial charge >= 0.3 is 0 Å². The molecule has 1 nitrogen and oxygen atoms in total. The first-order chi connectivity index (χ1) is 4.22. The summed E-state index contributed by atoms with van der Waals surface area (Å²) in [5.74, 6) is 0. The minimum atomic E-state index is -0.258. The third-order valence-corrected chi connectivity index (χ3v) is 1.40. The molecule has 0 N–H and O–H groups in total. The van der Waals surface area contributed by atoms with Crippen LogP contribution in [0.3, 0.4) is 0 Å². The Kier molecular flexibility index (Phi) is 4.68. The lowest BCUT2D eigenvalue weighted by Crippen LogP contribution is -1.92. The van der Waals surface area contributed by atoms with Crippen LogP contribution in [0.2, 0.25) is 0 Å². The summed E-state index contributed by atoms with van der Waals surface area (Å²) in [7, 11) is 0. The SMILES string of the molecule is CCCC(=C=S)C(=O)S. The van der Waals surface area contributed by atoms with Crippen LogP contribution in [0.1, 0.15) is 19.8 Å². The Morgan fingerprint density at radius 2 is 2.33 bits per heavy atom. The van der Waals surface area contributed by atoms with Crippen LogP contribution in [0, 0.1) is 0 Å². The number of thiocarbonyl (C=S) groups is 1. The summed E-state index contributed by atoms with van der Waals surface area (Å²) in [6.45, 7) is 1.98. The molecule has 0 aromatic heterocycles. The van der Waals surface area contributed by atoms with E-state index in [0.29, 0.717) is 12.0 Å². The molecule has 0 amide bonds. The van der Waals surface area contributed by atoms with Crippen molar-refractivity contribution in [2.45, 2.75) is 19.8 Å². The van der Waals surface area contributed by atoms with Gasteiger partial charge in [0, 0.05) is 0 Å². The highest BCUT2D eigenvalue weighted by atomic mass is 32.1. The van der Waals surface area contributed by atoms with Crippen molar-refractivity contribution in [3.05, 3.63) is 5.57 Å². The molecule has 0 saturated heterocycles. The van der Waals surface area contributed by atoms with Crippen LogP contribution in [0.15, 0.2) is 5.57 Å². The molecule has 3 heteroatoms. The first kappa shape index (κ1) is 8.89. The monoisotopic (exact) mass is 160 g/mol. The van der Waals surface area contributed by atoms with Crippen molar-refractivity contribution in [2.24, 2.45) is 0 Å². The van der Waals surface area contributed by atoms with Gasteiger partial charge in [-0.1, -0.05) is 26.0 Å². The van der Waals surface area contributed by atoms with E-state index in [1.54, 1.807) is 0 Å². The summed E-state index contributed by atoms with van der Waals surface area (Å²) in [5.41, 5.74) is 0.510. The summed E-state index contributed by atoms with van der Waals surface area (Å²) < 4.78 is 0. The number of carbonyl (C=O) groups excluding carboxylic acids is 1. The molecule has 0 saturated carbocycles. The van der Waals surface area contributed by atoms with Crippen LogP contribution in [0.4, 0.5) is 0 Å². The third kappa shape index (κ3) is 3.46. The van der Waals surface area contributed by atoms with E-state index < -0.39 is 0 Å². The number of hydrogen-bond donors (Lipinski definition) is 1. The van der Waals surface area contributed by atoms with Crippen molar-refractivity contribution in [1.82, 2.24) is 0 Å². The lowest BCUT2D eigenvalue weighted by atomic mass is 10.2. The fraction of sp³-hybridized carbons (Fsp3) is 0.500. The molecule has 0 aliphatic heterocycles. The largest absolute Gasteiger partial charge is 0.281 e. The Labute approximate surface area is 65.5 Å². The maximum atomic E-state index is 10.5. The van der Waals surface area contributed by atoms with E-state index in [0.717, 1.165) is 6.42 Å². The number of hydrogen-bond acceptors (Lipinski definition) is 2. The van der Waals surface area contributed by atoms with Gasteiger partial charge in [0.05, 0.1) is 5.57 Å². The van der Waals surface area contributed by atoms with Crippen molar-refractivity contribution < 1.29 is 4.79 Å². The second kappa shape index (κ2) is 4.74. The minimum absolute atomic E-state index is 0.258. The molecule has 0 rings (SSSR count). The highest BCUT2D eigenvalue weighted by molar-refractivity contribution is 7.97. The molecule has 0 aromatic rings. The fourth-order valence-electron chi connectivity index (χ4n) is 0.452. The first-order valence-corrected chi connectivity index (χ1v) is 3.55. The van der Waals surface area contributed by atoms with E-state index in [4.69, 9.17) is 0 Å². The number of thiol groups is 1. The van der Waals surface area contributed by atoms with Gasteiger partial charge in [-0.05, 0) is 23.7 Å². The zero-order valence-electron chi connectivity index (χ0n) is 5.18. The summed E-state index contributed by atoms with van der Waals surface area (Å²) in [5, 5.41) is 2.12. The lowest BCUT2D eigenvalue weighted by Gasteiger charge is -1.91. The normalized spacial score (nSPS) is 8.22. The predicted molar refractivity (Wildman–Crippen MR) is 45.0 cm³/mol. The number of carbonyl (C=O) groups is 1. The van der Waals surface area contributed by atoms with Crippen LogP contribution < -0.4 is 0 Å². The Bertz CT molecular complexity index is 156. The van der Waals surface area contributed by atoms with E-state index in [1.165, 1.54) is 0 Å². The molecule has 0 spiro atoms. The van der Waals surface area contributed by atoms with Gasteiger partial charge in [-0.3, -0.25) is 4.79 Å². The highest BCUT2D eigenvalue weighted by Gasteiger charge is 2.00. The Morgan fingerprint density at radius 1 is 1.78 bits per heavy atom. The molecular formula is C6H8OS2. The van der Waals surface area contributed by atoms with Gasteiger partial charge in [0.25, 0.3) is 0 Å². The van der Waals surface area contributed by atoms with Crippen LogP contribution in [0.5, 0.6) is 0 Å². The lowest BCUT2D eigenvalue weighted by molar-refractivity contribution is -0.107. The van der Waals surface area contributed by atoms with E-state index in [2.05, 4.69) is 29.9 Å². The molecule has 0 aromatic carbocycles. The van der Waals surface area contributed by atoms with Crippen LogP contribution in [-0.4, -0.2) is 10.1 Å². The Morgan fingerprint density at radius 3 is 2.44 bits per heavy atom. The van der Waals surface area contributed by atoms with Gasteiger partial charge in [0.15, 0.2) is 0 Å². The van der Waals surface area contributed by atoms with Crippen molar-refractivity contribution >= 4 is 35.0 Å². The molecule has 0 heterocycles. The second-order valence-corrected chi connectivity index (χ2v) is 2.25. The van der Waals surface area contributed by atoms with Gasteiger partial charge in [-0.15, -0.1) is 0 Å². The van der Waals surface area contributed by atoms with E-state index in [9.17, 15) is 4.79 Å². The molecule has 0 aliphatic rings. The zero-order valence-corrected chi connectivity index (χ0v) is 6.89. The van der Waals surface area contributed by atoms with E-state index in [-0.39, 0.29) is 5.12 Å². The molecule has 9 heavy (non-hydrogen) atoms. The first-order valence-electron chi connectivity index (χ1n) is 2.69. The minimum Gasteiger partial charge on any atom is -0.281 e. The quantitative estimate of drug-likeness (QED) is 0.385.